The molecule has 2 heterocycles. The van der Waals surface area contributed by atoms with E-state index in [4.69, 9.17) is 10.5 Å². The highest BCUT2D eigenvalue weighted by Crippen LogP contribution is 2.47. The fraction of sp³-hybridized carbons (Fsp3) is 0.136. The monoisotopic (exact) mass is 417 g/mol. The minimum absolute atomic E-state index is 0.273. The average molecular weight is 417 g/mol. The molecule has 150 valence electrons. The molecule has 3 N–H and O–H groups in total. The summed E-state index contributed by atoms with van der Waals surface area (Å²) in [6.07, 6.45) is 0. The molecular weight excluding hydrogens is 398 g/mol. The van der Waals surface area contributed by atoms with Crippen molar-refractivity contribution in [3.63, 3.8) is 0 Å². The van der Waals surface area contributed by atoms with Crippen LogP contribution in [0, 0.1) is 11.3 Å². The lowest BCUT2D eigenvalue weighted by molar-refractivity contribution is -0.113. The Kier molecular flexibility index (Phi) is 5.21. The summed E-state index contributed by atoms with van der Waals surface area (Å²) in [4.78, 5) is 20.0. The molecule has 0 unspecified atom stereocenters. The number of carbonyl (C=O) groups excluding carboxylic acids is 1. The number of thioether (sulfide) groups is 1. The summed E-state index contributed by atoms with van der Waals surface area (Å²) in [5, 5.41) is 13.0. The van der Waals surface area contributed by atoms with Crippen LogP contribution in [0.3, 0.4) is 0 Å². The van der Waals surface area contributed by atoms with Crippen LogP contribution < -0.4 is 15.8 Å². The molecule has 2 aromatic carbocycles. The number of rotatable bonds is 4. The summed E-state index contributed by atoms with van der Waals surface area (Å²) in [6.45, 7) is 1.79. The van der Waals surface area contributed by atoms with Gasteiger partial charge in [-0.3, -0.25) is 9.69 Å². The lowest BCUT2D eigenvalue weighted by atomic mass is 9.93. The number of anilines is 1. The minimum Gasteiger partial charge on any atom is -0.496 e. The summed E-state index contributed by atoms with van der Waals surface area (Å²) >= 11 is 1.20. The number of fused-ring (bicyclic) bond motifs is 1. The van der Waals surface area contributed by atoms with Crippen LogP contribution in [0.25, 0.3) is 0 Å². The van der Waals surface area contributed by atoms with Crippen molar-refractivity contribution < 1.29 is 9.53 Å². The number of hydrogen-bond donors (Lipinski definition) is 2. The third-order valence-corrected chi connectivity index (χ3v) is 5.86. The number of hydrogen-bond acceptors (Lipinski definition) is 7. The Hall–Kier alpha value is -3.70. The van der Waals surface area contributed by atoms with Crippen LogP contribution in [-0.4, -0.2) is 23.1 Å². The molecular formula is C22H19N5O2S. The van der Waals surface area contributed by atoms with E-state index >= 15 is 0 Å². The summed E-state index contributed by atoms with van der Waals surface area (Å²) in [6, 6.07) is 18.2. The fourth-order valence-corrected chi connectivity index (χ4v) is 4.45. The van der Waals surface area contributed by atoms with Crippen LogP contribution in [-0.2, 0) is 4.79 Å². The van der Waals surface area contributed by atoms with Gasteiger partial charge < -0.3 is 15.8 Å². The largest absolute Gasteiger partial charge is 0.496 e. The average Bonchev–Trinajstić information content (AvgIpc) is 3.08. The van der Waals surface area contributed by atoms with Gasteiger partial charge in [-0.1, -0.05) is 36.4 Å². The summed E-state index contributed by atoms with van der Waals surface area (Å²) in [5.41, 5.74) is 8.74. The summed E-state index contributed by atoms with van der Waals surface area (Å²) < 4.78 is 5.57. The van der Waals surface area contributed by atoms with Crippen molar-refractivity contribution in [3.8, 4) is 11.8 Å². The number of nitrogens with one attached hydrogen (secondary N) is 1. The van der Waals surface area contributed by atoms with Gasteiger partial charge >= 0.3 is 0 Å². The third-order valence-electron chi connectivity index (χ3n) is 4.89. The number of allylic oxidation sites excluding steroid dienone is 2. The normalized spacial score (nSPS) is 18.0. The SMILES string of the molecule is COc1ccccc1[C@@H]1C(C(=O)Nc2ccccc2)=C(C)N=C2SC(C#N)=C(N)N21. The molecule has 8 heteroatoms. The molecule has 0 fully saturated rings. The molecule has 0 bridgehead atoms. The van der Waals surface area contributed by atoms with Gasteiger partial charge in [-0.25, -0.2) is 4.99 Å². The number of nitrogens with zero attached hydrogens (tertiary/aromatic N) is 3. The number of benzene rings is 2. The van der Waals surface area contributed by atoms with Crippen molar-refractivity contribution >= 4 is 28.5 Å². The minimum atomic E-state index is -0.587. The Morgan fingerprint density at radius 3 is 2.63 bits per heavy atom. The first-order chi connectivity index (χ1) is 14.5. The molecule has 2 aromatic rings. The smallest absolute Gasteiger partial charge is 0.255 e. The second-order valence-corrected chi connectivity index (χ2v) is 7.63. The maximum absolute atomic E-state index is 13.4. The first-order valence-electron chi connectivity index (χ1n) is 9.21. The Balaban J connectivity index is 1.86. The van der Waals surface area contributed by atoms with E-state index in [1.165, 1.54) is 11.8 Å². The summed E-state index contributed by atoms with van der Waals surface area (Å²) in [5.74, 6) is 0.597. The van der Waals surface area contributed by atoms with E-state index < -0.39 is 6.04 Å². The molecule has 2 aliphatic rings. The first kappa shape index (κ1) is 19.6. The molecule has 4 rings (SSSR count). The third kappa shape index (κ3) is 3.29. The molecule has 1 atom stereocenters. The second-order valence-electron chi connectivity index (χ2n) is 6.66. The lowest BCUT2D eigenvalue weighted by Crippen LogP contribution is -2.39. The van der Waals surface area contributed by atoms with Crippen LogP contribution >= 0.6 is 11.8 Å². The number of amidine groups is 1. The fourth-order valence-electron chi connectivity index (χ4n) is 3.54. The maximum Gasteiger partial charge on any atom is 0.255 e. The predicted octanol–water partition coefficient (Wildman–Crippen LogP) is 3.72. The zero-order valence-electron chi connectivity index (χ0n) is 16.4. The van der Waals surface area contributed by atoms with Gasteiger partial charge in [0.05, 0.1) is 24.4 Å². The van der Waals surface area contributed by atoms with Crippen molar-refractivity contribution in [2.75, 3.05) is 12.4 Å². The molecule has 7 nitrogen and oxygen atoms in total. The van der Waals surface area contributed by atoms with Gasteiger partial charge in [0, 0.05) is 11.3 Å². The predicted molar refractivity (Wildman–Crippen MR) is 117 cm³/mol. The zero-order valence-corrected chi connectivity index (χ0v) is 17.2. The van der Waals surface area contributed by atoms with E-state index in [2.05, 4.69) is 16.4 Å². The quantitative estimate of drug-likeness (QED) is 0.786. The van der Waals surface area contributed by atoms with Gasteiger partial charge in [0.15, 0.2) is 5.17 Å². The highest BCUT2D eigenvalue weighted by molar-refractivity contribution is 8.17. The molecule has 0 aliphatic carbocycles. The topological polar surface area (TPSA) is 104 Å². The highest BCUT2D eigenvalue weighted by atomic mass is 32.2. The van der Waals surface area contributed by atoms with E-state index in [1.54, 1.807) is 18.9 Å². The Bertz CT molecular complexity index is 1150. The van der Waals surface area contributed by atoms with Crippen molar-refractivity contribution in [2.45, 2.75) is 13.0 Å². The van der Waals surface area contributed by atoms with Gasteiger partial charge in [0.25, 0.3) is 5.91 Å². The number of carbonyl (C=O) groups is 1. The first-order valence-corrected chi connectivity index (χ1v) is 10.0. The van der Waals surface area contributed by atoms with E-state index in [1.807, 2.05) is 54.6 Å². The highest BCUT2D eigenvalue weighted by Gasteiger charge is 2.43. The molecule has 0 radical (unpaired) electrons. The molecule has 0 saturated carbocycles. The van der Waals surface area contributed by atoms with E-state index in [-0.39, 0.29) is 11.7 Å². The Morgan fingerprint density at radius 2 is 1.93 bits per heavy atom. The van der Waals surface area contributed by atoms with Crippen LogP contribution in [0.4, 0.5) is 5.69 Å². The van der Waals surface area contributed by atoms with Crippen LogP contribution in [0.15, 0.2) is 81.6 Å². The molecule has 0 aromatic heterocycles. The molecule has 0 saturated heterocycles. The van der Waals surface area contributed by atoms with Crippen LogP contribution in [0.5, 0.6) is 5.75 Å². The maximum atomic E-state index is 13.4. The van der Waals surface area contributed by atoms with E-state index in [0.29, 0.717) is 32.8 Å². The standard InChI is InChI=1S/C22H19N5O2S/c1-13-18(21(28)26-14-8-4-3-5-9-14)19(15-10-6-7-11-16(15)29-2)27-20(24)17(12-23)30-22(27)25-13/h3-11,19H,24H2,1-2H3,(H,26,28)/t19-/m1/s1. The number of nitrogens with two attached hydrogens (primary N) is 1. The lowest BCUT2D eigenvalue weighted by Gasteiger charge is -2.35. The van der Waals surface area contributed by atoms with Gasteiger partial charge in [0.2, 0.25) is 0 Å². The molecule has 2 aliphatic heterocycles. The number of ether oxygens (including phenoxy) is 1. The Morgan fingerprint density at radius 1 is 1.23 bits per heavy atom. The van der Waals surface area contributed by atoms with Gasteiger partial charge in [-0.15, -0.1) is 0 Å². The number of aliphatic imine (C=N–C) groups is 1. The second kappa shape index (κ2) is 7.97. The van der Waals surface area contributed by atoms with Crippen molar-refractivity contribution in [3.05, 3.63) is 82.2 Å². The summed E-state index contributed by atoms with van der Waals surface area (Å²) in [7, 11) is 1.58. The van der Waals surface area contributed by atoms with Gasteiger partial charge in [-0.05, 0) is 36.9 Å². The van der Waals surface area contributed by atoms with Crippen LogP contribution in [0.2, 0.25) is 0 Å². The number of nitriles is 1. The Labute approximate surface area is 178 Å². The van der Waals surface area contributed by atoms with Crippen molar-refractivity contribution in [2.24, 2.45) is 10.7 Å². The number of para-hydroxylation sites is 2. The van der Waals surface area contributed by atoms with Gasteiger partial charge in [0.1, 0.15) is 22.5 Å². The molecule has 30 heavy (non-hydrogen) atoms. The van der Waals surface area contributed by atoms with Crippen LogP contribution in [0.1, 0.15) is 18.5 Å². The number of amides is 1. The van der Waals surface area contributed by atoms with Gasteiger partial charge in [-0.2, -0.15) is 5.26 Å². The van der Waals surface area contributed by atoms with Crippen molar-refractivity contribution in [1.82, 2.24) is 4.90 Å². The van der Waals surface area contributed by atoms with E-state index in [0.717, 1.165) is 5.56 Å². The molecule has 0 spiro atoms. The van der Waals surface area contributed by atoms with E-state index in [9.17, 15) is 10.1 Å². The molecule has 1 amide bonds. The number of methoxy groups -OCH3 is 1. The van der Waals surface area contributed by atoms with Crippen molar-refractivity contribution in [1.29, 1.82) is 5.26 Å². The zero-order chi connectivity index (χ0) is 21.3.